The first-order valence-corrected chi connectivity index (χ1v) is 7.09. The van der Waals surface area contributed by atoms with Gasteiger partial charge in [-0.1, -0.05) is 5.92 Å². The number of amides is 1. The first-order chi connectivity index (χ1) is 11.5. The number of nitrogens with zero attached hydrogens (tertiary/aromatic N) is 1. The zero-order valence-electron chi connectivity index (χ0n) is 13.3. The third-order valence-electron chi connectivity index (χ3n) is 2.97. The van der Waals surface area contributed by atoms with Crippen LogP contribution >= 0.6 is 0 Å². The number of carbonyl (C=O) groups is 2. The van der Waals surface area contributed by atoms with Gasteiger partial charge in [0.1, 0.15) is 19.0 Å². The van der Waals surface area contributed by atoms with Crippen LogP contribution in [-0.4, -0.2) is 28.7 Å². The molecule has 1 heterocycles. The molecular formula is C17H18N2O5. The molecule has 126 valence electrons. The van der Waals surface area contributed by atoms with E-state index in [1.165, 1.54) is 6.20 Å². The number of terminal acetylenes is 2. The summed E-state index contributed by atoms with van der Waals surface area (Å²) < 4.78 is 10.0. The smallest absolute Gasteiger partial charge is 0.408 e. The molecule has 24 heavy (non-hydrogen) atoms. The van der Waals surface area contributed by atoms with Crippen molar-refractivity contribution in [2.75, 3.05) is 6.54 Å². The van der Waals surface area contributed by atoms with Crippen molar-refractivity contribution < 1.29 is 24.2 Å². The van der Waals surface area contributed by atoms with Crippen molar-refractivity contribution in [2.45, 2.75) is 33.0 Å². The van der Waals surface area contributed by atoms with Crippen LogP contribution in [0.2, 0.25) is 0 Å². The standard InChI is InChI=1S/C17H18N2O5/c1-4-6-7-15(20)23-10-13-9-19-12(3)16(21)14(13)11-24-17(22)18-8-5-2/h1-2,9,21H,6-8,10-11H2,3H3,(H,18,22). The summed E-state index contributed by atoms with van der Waals surface area (Å²) in [5, 5.41) is 12.4. The third kappa shape index (κ3) is 5.90. The lowest BCUT2D eigenvalue weighted by Crippen LogP contribution is -2.24. The summed E-state index contributed by atoms with van der Waals surface area (Å²) in [7, 11) is 0. The Balaban J connectivity index is 2.76. The minimum Gasteiger partial charge on any atom is -0.506 e. The van der Waals surface area contributed by atoms with Gasteiger partial charge < -0.3 is 19.9 Å². The van der Waals surface area contributed by atoms with Crippen molar-refractivity contribution in [1.82, 2.24) is 10.3 Å². The highest BCUT2D eigenvalue weighted by Crippen LogP contribution is 2.25. The number of ether oxygens (including phenoxy) is 2. The SMILES string of the molecule is C#CCCC(=O)OCc1cnc(C)c(O)c1COC(=O)NCC#C. The minimum atomic E-state index is -0.723. The van der Waals surface area contributed by atoms with Crippen molar-refractivity contribution in [1.29, 1.82) is 0 Å². The van der Waals surface area contributed by atoms with E-state index in [9.17, 15) is 14.7 Å². The fourth-order valence-electron chi connectivity index (χ4n) is 1.69. The molecule has 7 heteroatoms. The van der Waals surface area contributed by atoms with Gasteiger partial charge in [-0.15, -0.1) is 18.8 Å². The van der Waals surface area contributed by atoms with E-state index in [1.807, 2.05) is 0 Å². The van der Waals surface area contributed by atoms with Gasteiger partial charge in [-0.3, -0.25) is 9.78 Å². The molecule has 7 nitrogen and oxygen atoms in total. The topological polar surface area (TPSA) is 97.8 Å². The summed E-state index contributed by atoms with van der Waals surface area (Å²) in [4.78, 5) is 26.9. The molecule has 0 aliphatic heterocycles. The van der Waals surface area contributed by atoms with Crippen LogP contribution in [0.5, 0.6) is 5.75 Å². The second-order valence-corrected chi connectivity index (χ2v) is 4.69. The Morgan fingerprint density at radius 1 is 1.29 bits per heavy atom. The lowest BCUT2D eigenvalue weighted by atomic mass is 10.1. The van der Waals surface area contributed by atoms with Crippen molar-refractivity contribution >= 4 is 12.1 Å². The number of carbonyl (C=O) groups excluding carboxylic acids is 2. The fourth-order valence-corrected chi connectivity index (χ4v) is 1.69. The molecular weight excluding hydrogens is 312 g/mol. The summed E-state index contributed by atoms with van der Waals surface area (Å²) >= 11 is 0. The van der Waals surface area contributed by atoms with Gasteiger partial charge in [0.05, 0.1) is 18.7 Å². The summed E-state index contributed by atoms with van der Waals surface area (Å²) in [6, 6.07) is 0. The largest absolute Gasteiger partial charge is 0.506 e. The maximum Gasteiger partial charge on any atom is 0.408 e. The molecule has 0 aliphatic carbocycles. The Kier molecular flexibility index (Phi) is 7.66. The molecule has 0 saturated heterocycles. The van der Waals surface area contributed by atoms with Crippen LogP contribution < -0.4 is 5.32 Å². The van der Waals surface area contributed by atoms with Crippen LogP contribution in [-0.2, 0) is 27.5 Å². The number of aromatic hydroxyl groups is 1. The van der Waals surface area contributed by atoms with Gasteiger partial charge in [-0.05, 0) is 6.92 Å². The number of rotatable bonds is 7. The number of pyridine rings is 1. The summed E-state index contributed by atoms with van der Waals surface area (Å²) in [6.45, 7) is 1.29. The highest BCUT2D eigenvalue weighted by atomic mass is 16.5. The van der Waals surface area contributed by atoms with E-state index in [4.69, 9.17) is 22.3 Å². The van der Waals surface area contributed by atoms with E-state index < -0.39 is 12.1 Å². The first-order valence-electron chi connectivity index (χ1n) is 7.09. The van der Waals surface area contributed by atoms with E-state index in [2.05, 4.69) is 22.1 Å². The maximum atomic E-state index is 11.5. The molecule has 1 aromatic heterocycles. The number of aromatic nitrogens is 1. The van der Waals surface area contributed by atoms with Gasteiger partial charge in [0.25, 0.3) is 0 Å². The van der Waals surface area contributed by atoms with Crippen LogP contribution in [0.15, 0.2) is 6.20 Å². The molecule has 1 rings (SSSR count). The normalized spacial score (nSPS) is 9.46. The minimum absolute atomic E-state index is 0.0276. The molecule has 1 aromatic rings. The summed E-state index contributed by atoms with van der Waals surface area (Å²) in [6.07, 6.45) is 11.2. The predicted octanol–water partition coefficient (Wildman–Crippen LogP) is 1.41. The molecule has 0 unspecified atom stereocenters. The molecule has 0 saturated carbocycles. The number of alkyl carbamates (subject to hydrolysis) is 1. The second kappa shape index (κ2) is 9.75. The lowest BCUT2D eigenvalue weighted by Gasteiger charge is -2.13. The van der Waals surface area contributed by atoms with Crippen molar-refractivity contribution in [3.8, 4) is 30.4 Å². The summed E-state index contributed by atoms with van der Waals surface area (Å²) in [5.74, 6) is 3.98. The average molecular weight is 330 g/mol. The van der Waals surface area contributed by atoms with Crippen LogP contribution in [0, 0.1) is 31.6 Å². The Labute approximate surface area is 140 Å². The van der Waals surface area contributed by atoms with Crippen molar-refractivity contribution in [3.05, 3.63) is 23.0 Å². The van der Waals surface area contributed by atoms with Crippen molar-refractivity contribution in [3.63, 3.8) is 0 Å². The Bertz CT molecular complexity index is 685. The van der Waals surface area contributed by atoms with E-state index in [0.717, 1.165) is 0 Å². The third-order valence-corrected chi connectivity index (χ3v) is 2.97. The molecule has 0 atom stereocenters. The van der Waals surface area contributed by atoms with Gasteiger partial charge in [0.15, 0.2) is 0 Å². The number of nitrogens with one attached hydrogen (secondary N) is 1. The Hall–Kier alpha value is -3.19. The van der Waals surface area contributed by atoms with Gasteiger partial charge in [-0.2, -0.15) is 0 Å². The highest BCUT2D eigenvalue weighted by Gasteiger charge is 2.15. The molecule has 2 N–H and O–H groups in total. The van der Waals surface area contributed by atoms with Gasteiger partial charge >= 0.3 is 12.1 Å². The van der Waals surface area contributed by atoms with E-state index in [1.54, 1.807) is 6.92 Å². The number of aryl methyl sites for hydroxylation is 1. The molecule has 0 spiro atoms. The zero-order valence-corrected chi connectivity index (χ0v) is 13.3. The number of hydrogen-bond acceptors (Lipinski definition) is 6. The Morgan fingerprint density at radius 2 is 2.04 bits per heavy atom. The fraction of sp³-hybridized carbons (Fsp3) is 0.353. The van der Waals surface area contributed by atoms with Gasteiger partial charge in [0, 0.05) is 23.7 Å². The molecule has 1 amide bonds. The molecule has 0 radical (unpaired) electrons. The second-order valence-electron chi connectivity index (χ2n) is 4.69. The summed E-state index contributed by atoms with van der Waals surface area (Å²) in [5.41, 5.74) is 1.10. The maximum absolute atomic E-state index is 11.5. The first kappa shape index (κ1) is 18.9. The van der Waals surface area contributed by atoms with Crippen LogP contribution in [0.3, 0.4) is 0 Å². The zero-order chi connectivity index (χ0) is 17.9. The van der Waals surface area contributed by atoms with E-state index in [-0.39, 0.29) is 38.3 Å². The molecule has 0 aliphatic rings. The quantitative estimate of drug-likeness (QED) is 0.579. The predicted molar refractivity (Wildman–Crippen MR) is 85.5 cm³/mol. The van der Waals surface area contributed by atoms with Crippen molar-refractivity contribution in [2.24, 2.45) is 0 Å². The lowest BCUT2D eigenvalue weighted by molar-refractivity contribution is -0.144. The van der Waals surface area contributed by atoms with Crippen LogP contribution in [0.25, 0.3) is 0 Å². The average Bonchev–Trinajstić information content (AvgIpc) is 2.58. The van der Waals surface area contributed by atoms with Gasteiger partial charge in [0.2, 0.25) is 0 Å². The highest BCUT2D eigenvalue weighted by molar-refractivity contribution is 5.69. The number of hydrogen-bond donors (Lipinski definition) is 2. The van der Waals surface area contributed by atoms with E-state index >= 15 is 0 Å². The monoisotopic (exact) mass is 330 g/mol. The number of esters is 1. The Morgan fingerprint density at radius 3 is 2.71 bits per heavy atom. The molecule has 0 aromatic carbocycles. The van der Waals surface area contributed by atoms with E-state index in [0.29, 0.717) is 16.8 Å². The van der Waals surface area contributed by atoms with Crippen LogP contribution in [0.1, 0.15) is 29.7 Å². The molecule has 0 bridgehead atoms. The van der Waals surface area contributed by atoms with Gasteiger partial charge in [-0.25, -0.2) is 4.79 Å². The van der Waals surface area contributed by atoms with Crippen LogP contribution in [0.4, 0.5) is 4.79 Å². The molecule has 0 fully saturated rings.